The van der Waals surface area contributed by atoms with E-state index >= 15 is 0 Å². The normalized spacial score (nSPS) is 13.0. The maximum atomic E-state index is 12.3. The van der Waals surface area contributed by atoms with E-state index in [1.54, 1.807) is 12.1 Å². The molecule has 0 saturated heterocycles. The molecule has 0 spiro atoms. The summed E-state index contributed by atoms with van der Waals surface area (Å²) in [5.74, 6) is -2.35. The van der Waals surface area contributed by atoms with Gasteiger partial charge in [-0.1, -0.05) is 6.92 Å². The zero-order chi connectivity index (χ0) is 23.4. The summed E-state index contributed by atoms with van der Waals surface area (Å²) in [6, 6.07) is 3.58. The van der Waals surface area contributed by atoms with Gasteiger partial charge in [0.2, 0.25) is 5.95 Å². The van der Waals surface area contributed by atoms with Gasteiger partial charge in [0.05, 0.1) is 5.52 Å². The SMILES string of the molecule is CC(CCn1ccc2nc(N)nc(N)c21)c1ccc(C(=O)N[C@H](CCC(=O)O)C(=O)O)o1. The number of carboxylic acid groups (broad SMARTS) is 2. The molecule has 1 amide bonds. The highest BCUT2D eigenvalue weighted by Crippen LogP contribution is 2.25. The number of hydrogen-bond donors (Lipinski definition) is 5. The van der Waals surface area contributed by atoms with Crippen molar-refractivity contribution < 1.29 is 29.0 Å². The third-order valence-electron chi connectivity index (χ3n) is 5.04. The van der Waals surface area contributed by atoms with Gasteiger partial charge in [0, 0.05) is 25.1 Å². The lowest BCUT2D eigenvalue weighted by Crippen LogP contribution is -2.41. The number of aromatic nitrogens is 3. The summed E-state index contributed by atoms with van der Waals surface area (Å²) in [5, 5.41) is 20.2. The Morgan fingerprint density at radius 1 is 1.16 bits per heavy atom. The topological polar surface area (TPSA) is 200 Å². The maximum Gasteiger partial charge on any atom is 0.326 e. The number of nitrogens with one attached hydrogen (secondary N) is 1. The van der Waals surface area contributed by atoms with E-state index in [-0.39, 0.29) is 36.3 Å². The van der Waals surface area contributed by atoms with Crippen LogP contribution in [0.3, 0.4) is 0 Å². The molecule has 0 aliphatic carbocycles. The van der Waals surface area contributed by atoms with E-state index in [0.717, 1.165) is 0 Å². The molecule has 3 aromatic rings. The zero-order valence-corrected chi connectivity index (χ0v) is 17.3. The van der Waals surface area contributed by atoms with Crippen molar-refractivity contribution in [3.05, 3.63) is 35.9 Å². The Labute approximate surface area is 182 Å². The van der Waals surface area contributed by atoms with Crippen LogP contribution in [0.5, 0.6) is 0 Å². The average Bonchev–Trinajstić information content (AvgIpc) is 3.36. The lowest BCUT2D eigenvalue weighted by atomic mass is 10.1. The van der Waals surface area contributed by atoms with Crippen LogP contribution in [0.4, 0.5) is 11.8 Å². The smallest absolute Gasteiger partial charge is 0.326 e. The summed E-state index contributed by atoms with van der Waals surface area (Å²) in [6.45, 7) is 2.51. The number of rotatable bonds is 10. The molecular weight excluding hydrogens is 420 g/mol. The summed E-state index contributed by atoms with van der Waals surface area (Å²) in [5.41, 5.74) is 12.9. The molecule has 1 unspecified atom stereocenters. The zero-order valence-electron chi connectivity index (χ0n) is 17.3. The van der Waals surface area contributed by atoms with E-state index in [4.69, 9.17) is 21.0 Å². The Balaban J connectivity index is 1.63. The first kappa shape index (κ1) is 22.6. The minimum absolute atomic E-state index is 0.0482. The van der Waals surface area contributed by atoms with Gasteiger partial charge in [0.15, 0.2) is 11.6 Å². The molecule has 0 radical (unpaired) electrons. The molecule has 3 aromatic heterocycles. The first-order valence-corrected chi connectivity index (χ1v) is 9.88. The lowest BCUT2D eigenvalue weighted by Gasteiger charge is -2.13. The van der Waals surface area contributed by atoms with E-state index in [1.165, 1.54) is 6.07 Å². The van der Waals surface area contributed by atoms with Crippen LogP contribution in [0.2, 0.25) is 0 Å². The fraction of sp³-hybridized carbons (Fsp3) is 0.350. The Kier molecular flexibility index (Phi) is 6.61. The molecule has 170 valence electrons. The Morgan fingerprint density at radius 2 is 1.91 bits per heavy atom. The summed E-state index contributed by atoms with van der Waals surface area (Å²) in [7, 11) is 0. The highest BCUT2D eigenvalue weighted by molar-refractivity contribution is 5.94. The highest BCUT2D eigenvalue weighted by atomic mass is 16.4. The average molecular weight is 444 g/mol. The van der Waals surface area contributed by atoms with Crippen molar-refractivity contribution in [2.24, 2.45) is 0 Å². The van der Waals surface area contributed by atoms with E-state index in [2.05, 4.69) is 15.3 Å². The van der Waals surface area contributed by atoms with Crippen LogP contribution in [0.1, 0.15) is 48.4 Å². The van der Waals surface area contributed by atoms with E-state index in [9.17, 15) is 19.5 Å². The highest BCUT2D eigenvalue weighted by Gasteiger charge is 2.24. The van der Waals surface area contributed by atoms with Gasteiger partial charge in [0.25, 0.3) is 5.91 Å². The number of nitrogens with two attached hydrogens (primary N) is 2. The predicted octanol–water partition coefficient (Wildman–Crippen LogP) is 1.43. The molecule has 3 rings (SSSR count). The number of carbonyl (C=O) groups excluding carboxylic acids is 1. The van der Waals surface area contributed by atoms with Gasteiger partial charge in [-0.2, -0.15) is 4.98 Å². The number of anilines is 2. The van der Waals surface area contributed by atoms with Crippen LogP contribution >= 0.6 is 0 Å². The van der Waals surface area contributed by atoms with Crippen molar-refractivity contribution in [1.82, 2.24) is 19.9 Å². The van der Waals surface area contributed by atoms with E-state index in [1.807, 2.05) is 17.7 Å². The van der Waals surface area contributed by atoms with Gasteiger partial charge in [-0.25, -0.2) is 9.78 Å². The number of hydrogen-bond acceptors (Lipinski definition) is 8. The van der Waals surface area contributed by atoms with Crippen molar-refractivity contribution in [2.45, 2.75) is 44.7 Å². The van der Waals surface area contributed by atoms with Crippen molar-refractivity contribution in [3.63, 3.8) is 0 Å². The minimum atomic E-state index is -1.33. The molecule has 0 fully saturated rings. The largest absolute Gasteiger partial charge is 0.481 e. The maximum absolute atomic E-state index is 12.3. The van der Waals surface area contributed by atoms with Gasteiger partial charge >= 0.3 is 11.9 Å². The minimum Gasteiger partial charge on any atom is -0.481 e. The number of fused-ring (bicyclic) bond motifs is 1. The van der Waals surface area contributed by atoms with Crippen LogP contribution in [-0.2, 0) is 16.1 Å². The molecule has 0 aliphatic rings. The van der Waals surface area contributed by atoms with Gasteiger partial charge in [0.1, 0.15) is 17.3 Å². The van der Waals surface area contributed by atoms with Gasteiger partial charge < -0.3 is 36.0 Å². The van der Waals surface area contributed by atoms with E-state index in [0.29, 0.717) is 29.8 Å². The number of aryl methyl sites for hydroxylation is 1. The quantitative estimate of drug-likeness (QED) is 0.304. The monoisotopic (exact) mass is 444 g/mol. The molecule has 12 heteroatoms. The summed E-state index contributed by atoms with van der Waals surface area (Å²) < 4.78 is 7.53. The molecular formula is C20H24N6O6. The Bertz CT molecular complexity index is 1150. The number of furan rings is 1. The standard InChI is InChI=1S/C20H24N6O6/c1-10(6-8-26-9-7-11-16(26)17(21)25-20(22)24-11)13-3-4-14(32-13)18(29)23-12(19(30)31)2-5-15(27)28/h3-4,7,9-10,12H,2,5-6,8H2,1H3,(H,23,29)(H,27,28)(H,30,31)(H4,21,22,24,25)/t10?,12-/m1/s1. The first-order chi connectivity index (χ1) is 15.2. The first-order valence-electron chi connectivity index (χ1n) is 9.88. The van der Waals surface area contributed by atoms with Crippen LogP contribution in [0.15, 0.2) is 28.8 Å². The van der Waals surface area contributed by atoms with E-state index < -0.39 is 23.9 Å². The van der Waals surface area contributed by atoms with Crippen LogP contribution < -0.4 is 16.8 Å². The number of nitrogens with zero attached hydrogens (tertiary/aromatic N) is 3. The molecule has 12 nitrogen and oxygen atoms in total. The van der Waals surface area contributed by atoms with Crippen LogP contribution in [0, 0.1) is 0 Å². The number of carbonyl (C=O) groups is 3. The lowest BCUT2D eigenvalue weighted by molar-refractivity contribution is -0.140. The van der Waals surface area contributed by atoms with Crippen molar-refractivity contribution >= 4 is 40.6 Å². The third-order valence-corrected chi connectivity index (χ3v) is 5.04. The number of nitrogen functional groups attached to an aromatic ring is 2. The van der Waals surface area contributed by atoms with Gasteiger partial charge in [-0.15, -0.1) is 0 Å². The fourth-order valence-electron chi connectivity index (χ4n) is 3.31. The fourth-order valence-corrected chi connectivity index (χ4v) is 3.31. The van der Waals surface area contributed by atoms with Gasteiger partial charge in [-0.3, -0.25) is 9.59 Å². The second-order valence-electron chi connectivity index (χ2n) is 7.40. The number of aliphatic carboxylic acids is 2. The number of carboxylic acids is 2. The summed E-state index contributed by atoms with van der Waals surface area (Å²) in [6.07, 6.45) is 1.88. The molecule has 0 aliphatic heterocycles. The van der Waals surface area contributed by atoms with Crippen LogP contribution in [0.25, 0.3) is 11.0 Å². The van der Waals surface area contributed by atoms with Crippen molar-refractivity contribution in [3.8, 4) is 0 Å². The summed E-state index contributed by atoms with van der Waals surface area (Å²) >= 11 is 0. The second-order valence-corrected chi connectivity index (χ2v) is 7.40. The van der Waals surface area contributed by atoms with Crippen molar-refractivity contribution in [2.75, 3.05) is 11.5 Å². The molecule has 0 aromatic carbocycles. The number of amides is 1. The van der Waals surface area contributed by atoms with Crippen LogP contribution in [-0.4, -0.2) is 48.6 Å². The third kappa shape index (κ3) is 5.14. The molecule has 7 N–H and O–H groups in total. The predicted molar refractivity (Wildman–Crippen MR) is 114 cm³/mol. The molecule has 32 heavy (non-hydrogen) atoms. The van der Waals surface area contributed by atoms with Crippen molar-refractivity contribution in [1.29, 1.82) is 0 Å². The molecule has 0 saturated carbocycles. The molecule has 0 bridgehead atoms. The Morgan fingerprint density at radius 3 is 2.59 bits per heavy atom. The Hall–Kier alpha value is -4.09. The molecule has 2 atom stereocenters. The summed E-state index contributed by atoms with van der Waals surface area (Å²) in [4.78, 5) is 42.4. The second kappa shape index (κ2) is 9.37. The molecule has 3 heterocycles. The van der Waals surface area contributed by atoms with Gasteiger partial charge in [-0.05, 0) is 31.0 Å².